The third-order valence-corrected chi connectivity index (χ3v) is 3.86. The van der Waals surface area contributed by atoms with Crippen molar-refractivity contribution in [2.75, 3.05) is 0 Å². The number of pyridine rings is 1. The highest BCUT2D eigenvalue weighted by molar-refractivity contribution is 9.10. The highest BCUT2D eigenvalue weighted by Crippen LogP contribution is 2.25. The van der Waals surface area contributed by atoms with Crippen molar-refractivity contribution >= 4 is 33.5 Å². The molecule has 0 spiro atoms. The molecular formula is C13H12BrN3S. The first-order chi connectivity index (χ1) is 8.65. The van der Waals surface area contributed by atoms with Crippen LogP contribution in [0.15, 0.2) is 52.0 Å². The van der Waals surface area contributed by atoms with Crippen molar-refractivity contribution in [3.63, 3.8) is 0 Å². The predicted molar refractivity (Wildman–Crippen MR) is 79.0 cm³/mol. The van der Waals surface area contributed by atoms with Crippen molar-refractivity contribution in [2.24, 2.45) is 5.73 Å². The van der Waals surface area contributed by atoms with Crippen LogP contribution in [-0.2, 0) is 5.75 Å². The van der Waals surface area contributed by atoms with Gasteiger partial charge in [-0.05, 0) is 35.9 Å². The third kappa shape index (κ3) is 3.58. The van der Waals surface area contributed by atoms with Crippen LogP contribution in [0.25, 0.3) is 0 Å². The van der Waals surface area contributed by atoms with E-state index in [4.69, 9.17) is 11.1 Å². The van der Waals surface area contributed by atoms with E-state index in [1.165, 1.54) is 4.90 Å². The Kier molecular flexibility index (Phi) is 4.38. The number of benzene rings is 1. The van der Waals surface area contributed by atoms with Crippen molar-refractivity contribution < 1.29 is 0 Å². The average Bonchev–Trinajstić information content (AvgIpc) is 2.37. The summed E-state index contributed by atoms with van der Waals surface area (Å²) >= 11 is 5.19. The molecule has 0 saturated heterocycles. The molecule has 1 aromatic carbocycles. The Morgan fingerprint density at radius 2 is 2.17 bits per heavy atom. The Labute approximate surface area is 118 Å². The van der Waals surface area contributed by atoms with Gasteiger partial charge in [0.25, 0.3) is 0 Å². The lowest BCUT2D eigenvalue weighted by Gasteiger charge is -2.04. The van der Waals surface area contributed by atoms with E-state index >= 15 is 0 Å². The van der Waals surface area contributed by atoms with Crippen molar-refractivity contribution in [3.8, 4) is 0 Å². The summed E-state index contributed by atoms with van der Waals surface area (Å²) < 4.78 is 1.08. The molecular weight excluding hydrogens is 310 g/mol. The van der Waals surface area contributed by atoms with E-state index in [9.17, 15) is 0 Å². The normalized spacial score (nSPS) is 10.3. The van der Waals surface area contributed by atoms with E-state index in [0.717, 1.165) is 15.8 Å². The largest absolute Gasteiger partial charge is 0.382 e. The molecule has 3 nitrogen and oxygen atoms in total. The number of nitrogens with zero attached hydrogens (tertiary/aromatic N) is 1. The predicted octanol–water partition coefficient (Wildman–Crippen LogP) is 3.42. The number of amidine groups is 1. The fourth-order valence-electron chi connectivity index (χ4n) is 1.43. The monoisotopic (exact) mass is 321 g/mol. The lowest BCUT2D eigenvalue weighted by atomic mass is 10.2. The molecule has 2 rings (SSSR count). The van der Waals surface area contributed by atoms with Crippen LogP contribution < -0.4 is 5.73 Å². The fourth-order valence-corrected chi connectivity index (χ4v) is 2.88. The SMILES string of the molecule is N=C(N)c1cc(CSc2cccc(Br)c2)ccn1. The first-order valence-corrected chi connectivity index (χ1v) is 7.11. The highest BCUT2D eigenvalue weighted by Gasteiger charge is 2.01. The van der Waals surface area contributed by atoms with Crippen molar-refractivity contribution in [3.05, 3.63) is 58.3 Å². The van der Waals surface area contributed by atoms with Gasteiger partial charge in [0.1, 0.15) is 11.5 Å². The first kappa shape index (κ1) is 13.1. The van der Waals surface area contributed by atoms with Gasteiger partial charge in [-0.3, -0.25) is 10.4 Å². The number of halogens is 1. The lowest BCUT2D eigenvalue weighted by Crippen LogP contribution is -2.13. The minimum Gasteiger partial charge on any atom is -0.382 e. The van der Waals surface area contributed by atoms with Gasteiger partial charge in [-0.25, -0.2) is 0 Å². The van der Waals surface area contributed by atoms with Crippen LogP contribution in [0, 0.1) is 5.41 Å². The topological polar surface area (TPSA) is 62.8 Å². The molecule has 0 bridgehead atoms. The van der Waals surface area contributed by atoms with Gasteiger partial charge in [0.2, 0.25) is 0 Å². The van der Waals surface area contributed by atoms with Crippen molar-refractivity contribution in [2.45, 2.75) is 10.6 Å². The van der Waals surface area contributed by atoms with Gasteiger partial charge in [-0.2, -0.15) is 0 Å². The maximum atomic E-state index is 7.36. The Balaban J connectivity index is 2.06. The minimum atomic E-state index is 0.00399. The summed E-state index contributed by atoms with van der Waals surface area (Å²) in [5.74, 6) is 0.837. The molecule has 3 N–H and O–H groups in total. The van der Waals surface area contributed by atoms with Crippen LogP contribution in [0.4, 0.5) is 0 Å². The molecule has 0 saturated carbocycles. The van der Waals surface area contributed by atoms with Crippen LogP contribution in [-0.4, -0.2) is 10.8 Å². The molecule has 0 radical (unpaired) electrons. The molecule has 92 valence electrons. The summed E-state index contributed by atoms with van der Waals surface area (Å²) in [6, 6.07) is 12.0. The Bertz CT molecular complexity index is 572. The van der Waals surface area contributed by atoms with Gasteiger partial charge in [0, 0.05) is 21.3 Å². The summed E-state index contributed by atoms with van der Waals surface area (Å²) in [4.78, 5) is 5.24. The molecule has 0 aliphatic heterocycles. The molecule has 0 aliphatic rings. The van der Waals surface area contributed by atoms with Crippen LogP contribution in [0.5, 0.6) is 0 Å². The number of hydrogen-bond donors (Lipinski definition) is 2. The van der Waals surface area contributed by atoms with Gasteiger partial charge in [-0.15, -0.1) is 11.8 Å². The van der Waals surface area contributed by atoms with Gasteiger partial charge in [0.15, 0.2) is 0 Å². The average molecular weight is 322 g/mol. The number of nitrogen functional groups attached to an aromatic ring is 1. The molecule has 0 atom stereocenters. The van der Waals surface area contributed by atoms with E-state index < -0.39 is 0 Å². The molecule has 0 fully saturated rings. The molecule has 1 aromatic heterocycles. The first-order valence-electron chi connectivity index (χ1n) is 5.33. The van der Waals surface area contributed by atoms with E-state index in [0.29, 0.717) is 5.69 Å². The summed E-state index contributed by atoms with van der Waals surface area (Å²) in [7, 11) is 0. The molecule has 18 heavy (non-hydrogen) atoms. The van der Waals surface area contributed by atoms with Crippen LogP contribution in [0.1, 0.15) is 11.3 Å². The Hall–Kier alpha value is -1.33. The quantitative estimate of drug-likeness (QED) is 0.515. The number of aromatic nitrogens is 1. The summed E-state index contributed by atoms with van der Waals surface area (Å²) in [5.41, 5.74) is 7.06. The number of nitrogens with one attached hydrogen (secondary N) is 1. The van der Waals surface area contributed by atoms with Crippen molar-refractivity contribution in [1.29, 1.82) is 5.41 Å². The molecule has 0 unspecified atom stereocenters. The Morgan fingerprint density at radius 1 is 1.33 bits per heavy atom. The minimum absolute atomic E-state index is 0.00399. The maximum absolute atomic E-state index is 7.36. The van der Waals surface area contributed by atoms with Crippen LogP contribution >= 0.6 is 27.7 Å². The maximum Gasteiger partial charge on any atom is 0.141 e. The van der Waals surface area contributed by atoms with Gasteiger partial charge in [-0.1, -0.05) is 22.0 Å². The van der Waals surface area contributed by atoms with Gasteiger partial charge < -0.3 is 5.73 Å². The number of rotatable bonds is 4. The zero-order valence-corrected chi connectivity index (χ0v) is 12.0. The van der Waals surface area contributed by atoms with E-state index in [-0.39, 0.29) is 5.84 Å². The number of hydrogen-bond acceptors (Lipinski definition) is 3. The van der Waals surface area contributed by atoms with Crippen molar-refractivity contribution in [1.82, 2.24) is 4.98 Å². The zero-order chi connectivity index (χ0) is 13.0. The standard InChI is InChI=1S/C13H12BrN3S/c14-10-2-1-3-11(7-10)18-8-9-4-5-17-12(6-9)13(15)16/h1-7H,8H2,(H3,15,16). The van der Waals surface area contributed by atoms with E-state index in [1.54, 1.807) is 18.0 Å². The summed E-state index contributed by atoms with van der Waals surface area (Å²) in [6.07, 6.45) is 1.69. The zero-order valence-electron chi connectivity index (χ0n) is 9.56. The molecule has 2 aromatic rings. The van der Waals surface area contributed by atoms with Gasteiger partial charge in [0.05, 0.1) is 0 Å². The number of thioether (sulfide) groups is 1. The van der Waals surface area contributed by atoms with Crippen LogP contribution in [0.3, 0.4) is 0 Å². The van der Waals surface area contributed by atoms with Gasteiger partial charge >= 0.3 is 0 Å². The third-order valence-electron chi connectivity index (χ3n) is 2.30. The highest BCUT2D eigenvalue weighted by atomic mass is 79.9. The number of nitrogens with two attached hydrogens (primary N) is 1. The second-order valence-electron chi connectivity index (χ2n) is 3.71. The lowest BCUT2D eigenvalue weighted by molar-refractivity contribution is 1.22. The molecule has 0 amide bonds. The Morgan fingerprint density at radius 3 is 2.89 bits per heavy atom. The molecule has 1 heterocycles. The second-order valence-corrected chi connectivity index (χ2v) is 5.67. The second kappa shape index (κ2) is 6.02. The summed E-state index contributed by atoms with van der Waals surface area (Å²) in [5, 5.41) is 7.36. The molecule has 0 aliphatic carbocycles. The van der Waals surface area contributed by atoms with E-state index in [2.05, 4.69) is 33.0 Å². The smallest absolute Gasteiger partial charge is 0.141 e. The molecule has 5 heteroatoms. The van der Waals surface area contributed by atoms with E-state index in [1.807, 2.05) is 24.3 Å². The van der Waals surface area contributed by atoms with Crippen LogP contribution in [0.2, 0.25) is 0 Å². The summed E-state index contributed by atoms with van der Waals surface area (Å²) in [6.45, 7) is 0. The fraction of sp³-hybridized carbons (Fsp3) is 0.0769.